The van der Waals surface area contributed by atoms with Gasteiger partial charge in [0.2, 0.25) is 10.0 Å². The first-order valence-corrected chi connectivity index (χ1v) is 7.28. The maximum Gasteiger partial charge on any atom is 0.307 e. The maximum absolute atomic E-state index is 11.8. The van der Waals surface area contributed by atoms with Crippen molar-refractivity contribution in [3.63, 3.8) is 0 Å². The molecule has 6 nitrogen and oxygen atoms in total. The van der Waals surface area contributed by atoms with Crippen molar-refractivity contribution in [3.05, 3.63) is 0 Å². The van der Waals surface area contributed by atoms with Crippen molar-refractivity contribution in [1.29, 1.82) is 0 Å². The van der Waals surface area contributed by atoms with Gasteiger partial charge in [-0.15, -0.1) is 0 Å². The molecule has 1 aliphatic rings. The third-order valence-corrected chi connectivity index (χ3v) is 4.17. The standard InChI is InChI=1S/C10H19NO5S/c1-9(2)16-10(12)3-8-17(13,14)11-4-6-15-7-5-11/h9H,3-8H2,1-2H3. The lowest BCUT2D eigenvalue weighted by atomic mass is 10.4. The first-order chi connectivity index (χ1) is 7.92. The first kappa shape index (κ1) is 14.4. The molecular weight excluding hydrogens is 246 g/mol. The fourth-order valence-electron chi connectivity index (χ4n) is 1.49. The van der Waals surface area contributed by atoms with Crippen LogP contribution in [0.5, 0.6) is 0 Å². The highest BCUT2D eigenvalue weighted by Crippen LogP contribution is 2.07. The monoisotopic (exact) mass is 265 g/mol. The molecule has 0 amide bonds. The highest BCUT2D eigenvalue weighted by molar-refractivity contribution is 7.89. The number of ether oxygens (including phenoxy) is 2. The number of carbonyl (C=O) groups excluding carboxylic acids is 1. The van der Waals surface area contributed by atoms with Gasteiger partial charge in [-0.25, -0.2) is 8.42 Å². The van der Waals surface area contributed by atoms with E-state index in [0.29, 0.717) is 26.3 Å². The molecule has 0 atom stereocenters. The molecule has 0 N–H and O–H groups in total. The van der Waals surface area contributed by atoms with Gasteiger partial charge in [-0.1, -0.05) is 0 Å². The zero-order valence-electron chi connectivity index (χ0n) is 10.2. The van der Waals surface area contributed by atoms with E-state index in [-0.39, 0.29) is 18.3 Å². The highest BCUT2D eigenvalue weighted by Gasteiger charge is 2.25. The van der Waals surface area contributed by atoms with E-state index in [4.69, 9.17) is 9.47 Å². The van der Waals surface area contributed by atoms with Crippen LogP contribution in [0.4, 0.5) is 0 Å². The Bertz CT molecular complexity index is 346. The van der Waals surface area contributed by atoms with Crippen LogP contribution in [-0.4, -0.2) is 56.9 Å². The van der Waals surface area contributed by atoms with Crippen LogP contribution in [0.1, 0.15) is 20.3 Å². The molecule has 1 heterocycles. The van der Waals surface area contributed by atoms with Crippen LogP contribution in [0.25, 0.3) is 0 Å². The predicted octanol–water partition coefficient (Wildman–Crippen LogP) is -0.00990. The molecule has 1 fully saturated rings. The van der Waals surface area contributed by atoms with Crippen molar-refractivity contribution in [2.75, 3.05) is 32.1 Å². The Morgan fingerprint density at radius 2 is 1.94 bits per heavy atom. The van der Waals surface area contributed by atoms with Gasteiger partial charge in [0.05, 0.1) is 31.5 Å². The van der Waals surface area contributed by atoms with Crippen molar-refractivity contribution in [1.82, 2.24) is 4.31 Å². The third kappa shape index (κ3) is 5.01. The summed E-state index contributed by atoms with van der Waals surface area (Å²) >= 11 is 0. The second-order valence-electron chi connectivity index (χ2n) is 4.12. The Morgan fingerprint density at radius 3 is 2.47 bits per heavy atom. The largest absolute Gasteiger partial charge is 0.463 e. The van der Waals surface area contributed by atoms with E-state index in [1.807, 2.05) is 0 Å². The first-order valence-electron chi connectivity index (χ1n) is 5.67. The van der Waals surface area contributed by atoms with Crippen LogP contribution in [-0.2, 0) is 24.3 Å². The minimum absolute atomic E-state index is 0.0993. The van der Waals surface area contributed by atoms with Crippen LogP contribution in [0, 0.1) is 0 Å². The molecule has 1 aliphatic heterocycles. The summed E-state index contributed by atoms with van der Waals surface area (Å²) in [5.41, 5.74) is 0. The summed E-state index contributed by atoms with van der Waals surface area (Å²) in [6.45, 7) is 5.01. The summed E-state index contributed by atoms with van der Waals surface area (Å²) in [5, 5.41) is 0. The van der Waals surface area contributed by atoms with E-state index in [1.165, 1.54) is 4.31 Å². The second kappa shape index (κ2) is 6.32. The third-order valence-electron chi connectivity index (χ3n) is 2.29. The van der Waals surface area contributed by atoms with Crippen LogP contribution in [0.2, 0.25) is 0 Å². The highest BCUT2D eigenvalue weighted by atomic mass is 32.2. The maximum atomic E-state index is 11.8. The molecule has 0 aromatic carbocycles. The van der Waals surface area contributed by atoms with Crippen LogP contribution in [0.15, 0.2) is 0 Å². The normalized spacial score (nSPS) is 18.3. The van der Waals surface area contributed by atoms with E-state index in [2.05, 4.69) is 0 Å². The molecule has 0 radical (unpaired) electrons. The molecule has 0 saturated carbocycles. The lowest BCUT2D eigenvalue weighted by Crippen LogP contribution is -2.42. The van der Waals surface area contributed by atoms with Crippen molar-refractivity contribution in [3.8, 4) is 0 Å². The Labute approximate surface area is 102 Å². The molecule has 17 heavy (non-hydrogen) atoms. The van der Waals surface area contributed by atoms with Gasteiger partial charge < -0.3 is 9.47 Å². The number of morpholine rings is 1. The summed E-state index contributed by atoms with van der Waals surface area (Å²) in [4.78, 5) is 11.3. The van der Waals surface area contributed by atoms with Crippen LogP contribution < -0.4 is 0 Å². The predicted molar refractivity (Wildman–Crippen MR) is 62.0 cm³/mol. The van der Waals surface area contributed by atoms with Crippen LogP contribution in [0.3, 0.4) is 0 Å². The SMILES string of the molecule is CC(C)OC(=O)CCS(=O)(=O)N1CCOCC1. The van der Waals surface area contributed by atoms with Crippen molar-refractivity contribution >= 4 is 16.0 Å². The van der Waals surface area contributed by atoms with Gasteiger partial charge in [0, 0.05) is 13.1 Å². The summed E-state index contributed by atoms with van der Waals surface area (Å²) < 4.78 is 35.0. The summed E-state index contributed by atoms with van der Waals surface area (Å²) in [6, 6.07) is 0. The molecule has 0 aliphatic carbocycles. The van der Waals surface area contributed by atoms with Gasteiger partial charge in [-0.05, 0) is 13.8 Å². The fraction of sp³-hybridized carbons (Fsp3) is 0.900. The van der Waals surface area contributed by atoms with Crippen molar-refractivity contribution in [2.24, 2.45) is 0 Å². The average Bonchev–Trinajstić information content (AvgIpc) is 2.27. The Morgan fingerprint density at radius 1 is 1.35 bits per heavy atom. The molecule has 7 heteroatoms. The Kier molecular flexibility index (Phi) is 5.35. The summed E-state index contributed by atoms with van der Waals surface area (Å²) in [7, 11) is -3.36. The van der Waals surface area contributed by atoms with Gasteiger partial charge in [-0.3, -0.25) is 4.79 Å². The minimum Gasteiger partial charge on any atom is -0.463 e. The molecule has 1 saturated heterocycles. The number of carbonyl (C=O) groups is 1. The van der Waals surface area contributed by atoms with Gasteiger partial charge in [0.1, 0.15) is 0 Å². The average molecular weight is 265 g/mol. The van der Waals surface area contributed by atoms with Gasteiger partial charge in [-0.2, -0.15) is 4.31 Å². The molecule has 0 bridgehead atoms. The molecule has 0 aromatic rings. The molecule has 100 valence electrons. The number of rotatable bonds is 5. The van der Waals surface area contributed by atoms with Gasteiger partial charge in [0.15, 0.2) is 0 Å². The number of hydrogen-bond acceptors (Lipinski definition) is 5. The van der Waals surface area contributed by atoms with Gasteiger partial charge >= 0.3 is 5.97 Å². The minimum atomic E-state index is -3.36. The number of hydrogen-bond donors (Lipinski definition) is 0. The zero-order chi connectivity index (χ0) is 12.9. The molecule has 1 rings (SSSR count). The smallest absolute Gasteiger partial charge is 0.307 e. The second-order valence-corrected chi connectivity index (χ2v) is 6.20. The molecular formula is C10H19NO5S. The van der Waals surface area contributed by atoms with Crippen molar-refractivity contribution < 1.29 is 22.7 Å². The lowest BCUT2D eigenvalue weighted by molar-refractivity contribution is -0.146. The lowest BCUT2D eigenvalue weighted by Gasteiger charge is -2.25. The topological polar surface area (TPSA) is 72.9 Å². The quantitative estimate of drug-likeness (QED) is 0.654. The van der Waals surface area contributed by atoms with E-state index in [1.54, 1.807) is 13.8 Å². The van der Waals surface area contributed by atoms with E-state index in [9.17, 15) is 13.2 Å². The fourth-order valence-corrected chi connectivity index (χ4v) is 2.88. The molecule has 0 aromatic heterocycles. The zero-order valence-corrected chi connectivity index (χ0v) is 11.0. The van der Waals surface area contributed by atoms with Gasteiger partial charge in [0.25, 0.3) is 0 Å². The van der Waals surface area contributed by atoms with E-state index < -0.39 is 16.0 Å². The number of nitrogens with zero attached hydrogens (tertiary/aromatic N) is 1. The number of sulfonamides is 1. The van der Waals surface area contributed by atoms with E-state index in [0.717, 1.165) is 0 Å². The summed E-state index contributed by atoms with van der Waals surface area (Å²) in [6.07, 6.45) is -0.314. The van der Waals surface area contributed by atoms with E-state index >= 15 is 0 Å². The van der Waals surface area contributed by atoms with Crippen molar-refractivity contribution in [2.45, 2.75) is 26.4 Å². The Hall–Kier alpha value is -0.660. The van der Waals surface area contributed by atoms with Crippen LogP contribution >= 0.6 is 0 Å². The number of esters is 1. The summed E-state index contributed by atoms with van der Waals surface area (Å²) in [5.74, 6) is -0.671. The molecule has 0 unspecified atom stereocenters. The molecule has 0 spiro atoms. The Balaban J connectivity index is 2.41.